The van der Waals surface area contributed by atoms with E-state index in [4.69, 9.17) is 4.74 Å². The van der Waals surface area contributed by atoms with E-state index in [9.17, 15) is 18.8 Å². The molecule has 2 fully saturated rings. The number of hydrogen-bond acceptors (Lipinski definition) is 4. The largest absolute Gasteiger partial charge is 0.495 e. The number of amides is 3. The van der Waals surface area contributed by atoms with Gasteiger partial charge in [-0.15, -0.1) is 0 Å². The lowest BCUT2D eigenvalue weighted by molar-refractivity contribution is -0.122. The van der Waals surface area contributed by atoms with Crippen LogP contribution in [0.4, 0.5) is 21.5 Å². The highest BCUT2D eigenvalue weighted by Gasteiger charge is 2.36. The second-order valence-corrected chi connectivity index (χ2v) is 7.74. The van der Waals surface area contributed by atoms with Crippen LogP contribution in [0.1, 0.15) is 25.7 Å². The summed E-state index contributed by atoms with van der Waals surface area (Å²) < 4.78 is 19.5. The fourth-order valence-electron chi connectivity index (χ4n) is 4.07. The van der Waals surface area contributed by atoms with Crippen LogP contribution in [0.25, 0.3) is 0 Å². The van der Waals surface area contributed by atoms with E-state index in [2.05, 4.69) is 5.32 Å². The lowest BCUT2D eigenvalue weighted by atomic mass is 10.1. The van der Waals surface area contributed by atoms with Crippen molar-refractivity contribution in [3.63, 3.8) is 0 Å². The van der Waals surface area contributed by atoms with Crippen LogP contribution in [0.5, 0.6) is 5.75 Å². The Kier molecular flexibility index (Phi) is 5.88. The predicted molar refractivity (Wildman–Crippen MR) is 115 cm³/mol. The second-order valence-electron chi connectivity index (χ2n) is 7.74. The average Bonchev–Trinajstić information content (AvgIpc) is 3.16. The highest BCUT2D eigenvalue weighted by molar-refractivity contribution is 6.04. The van der Waals surface area contributed by atoms with Gasteiger partial charge in [-0.1, -0.05) is 12.1 Å². The van der Waals surface area contributed by atoms with Gasteiger partial charge in [0.25, 0.3) is 0 Å². The number of methoxy groups -OCH3 is 1. The SMILES string of the molecule is COc1ccc(NC(=O)C2CC(=O)N(c3ccccc3F)C2)cc1N1CCCCC1=O. The summed E-state index contributed by atoms with van der Waals surface area (Å²) in [4.78, 5) is 40.6. The number of rotatable bonds is 5. The smallest absolute Gasteiger partial charge is 0.229 e. The van der Waals surface area contributed by atoms with Crippen molar-refractivity contribution in [2.45, 2.75) is 25.7 Å². The van der Waals surface area contributed by atoms with Gasteiger partial charge in [0.1, 0.15) is 11.6 Å². The van der Waals surface area contributed by atoms with E-state index in [-0.39, 0.29) is 36.4 Å². The van der Waals surface area contributed by atoms with Gasteiger partial charge < -0.3 is 19.9 Å². The first kappa shape index (κ1) is 20.8. The number of anilines is 3. The zero-order chi connectivity index (χ0) is 22.0. The third-order valence-corrected chi connectivity index (χ3v) is 5.70. The molecule has 1 atom stereocenters. The Morgan fingerprint density at radius 2 is 1.87 bits per heavy atom. The van der Waals surface area contributed by atoms with Crippen molar-refractivity contribution >= 4 is 34.8 Å². The maximum atomic E-state index is 14.1. The molecule has 0 radical (unpaired) electrons. The highest BCUT2D eigenvalue weighted by Crippen LogP contribution is 2.34. The summed E-state index contributed by atoms with van der Waals surface area (Å²) in [5, 5.41) is 2.83. The Morgan fingerprint density at radius 1 is 1.06 bits per heavy atom. The van der Waals surface area contributed by atoms with Crippen molar-refractivity contribution in [2.75, 3.05) is 35.3 Å². The van der Waals surface area contributed by atoms with E-state index in [1.54, 1.807) is 35.2 Å². The van der Waals surface area contributed by atoms with Gasteiger partial charge in [0.15, 0.2) is 0 Å². The van der Waals surface area contributed by atoms with Crippen molar-refractivity contribution < 1.29 is 23.5 Å². The molecular formula is C23H24FN3O4. The van der Waals surface area contributed by atoms with E-state index >= 15 is 0 Å². The Labute approximate surface area is 179 Å². The summed E-state index contributed by atoms with van der Waals surface area (Å²) in [6.45, 7) is 0.709. The van der Waals surface area contributed by atoms with E-state index < -0.39 is 11.7 Å². The molecule has 0 aliphatic carbocycles. The predicted octanol–water partition coefficient (Wildman–Crippen LogP) is 3.34. The van der Waals surface area contributed by atoms with Crippen LogP contribution in [0.3, 0.4) is 0 Å². The Morgan fingerprint density at radius 3 is 2.61 bits per heavy atom. The molecule has 7 nitrogen and oxygen atoms in total. The van der Waals surface area contributed by atoms with Gasteiger partial charge in [-0.2, -0.15) is 0 Å². The minimum Gasteiger partial charge on any atom is -0.495 e. The molecule has 0 saturated carbocycles. The molecule has 1 N–H and O–H groups in total. The Hall–Kier alpha value is -3.42. The van der Waals surface area contributed by atoms with Crippen LogP contribution in [0.15, 0.2) is 42.5 Å². The molecule has 8 heteroatoms. The van der Waals surface area contributed by atoms with E-state index in [0.717, 1.165) is 12.8 Å². The topological polar surface area (TPSA) is 79.0 Å². The zero-order valence-electron chi connectivity index (χ0n) is 17.3. The summed E-state index contributed by atoms with van der Waals surface area (Å²) in [5.74, 6) is -1.14. The number of carbonyl (C=O) groups is 3. The summed E-state index contributed by atoms with van der Waals surface area (Å²) in [7, 11) is 1.53. The van der Waals surface area contributed by atoms with Gasteiger partial charge in [0.2, 0.25) is 17.7 Å². The van der Waals surface area contributed by atoms with Crippen LogP contribution in [-0.4, -0.2) is 37.9 Å². The molecule has 2 aromatic carbocycles. The molecule has 3 amide bonds. The van der Waals surface area contributed by atoms with E-state index in [1.807, 2.05) is 0 Å². The Balaban J connectivity index is 1.50. The number of benzene rings is 2. The third kappa shape index (κ3) is 4.23. The maximum Gasteiger partial charge on any atom is 0.229 e. The number of para-hydroxylation sites is 1. The summed E-state index contributed by atoms with van der Waals surface area (Å²) in [5.41, 5.74) is 1.30. The number of nitrogens with one attached hydrogen (secondary N) is 1. The Bertz CT molecular complexity index is 1030. The zero-order valence-corrected chi connectivity index (χ0v) is 17.3. The van der Waals surface area contributed by atoms with Crippen molar-refractivity contribution in [3.05, 3.63) is 48.3 Å². The molecule has 0 bridgehead atoms. The standard InChI is InChI=1S/C23H24FN3O4/c1-31-20-10-9-16(13-19(20)26-11-5-4-8-21(26)28)25-23(30)15-12-22(29)27(14-15)18-7-3-2-6-17(18)24/h2-3,6-7,9-10,13,15H,4-5,8,11-12,14H2,1H3,(H,25,30). The van der Waals surface area contributed by atoms with E-state index in [1.165, 1.54) is 24.1 Å². The van der Waals surface area contributed by atoms with Crippen molar-refractivity contribution in [1.29, 1.82) is 0 Å². The molecule has 2 aliphatic heterocycles. The lowest BCUT2D eigenvalue weighted by Gasteiger charge is -2.28. The third-order valence-electron chi connectivity index (χ3n) is 5.70. The van der Waals surface area contributed by atoms with Gasteiger partial charge in [0.05, 0.1) is 24.4 Å². The van der Waals surface area contributed by atoms with Crippen LogP contribution in [-0.2, 0) is 14.4 Å². The molecule has 2 aliphatic rings. The van der Waals surface area contributed by atoms with Gasteiger partial charge in [0, 0.05) is 31.6 Å². The van der Waals surface area contributed by atoms with Crippen molar-refractivity contribution in [1.82, 2.24) is 0 Å². The maximum absolute atomic E-state index is 14.1. The molecule has 2 saturated heterocycles. The summed E-state index contributed by atoms with van der Waals surface area (Å²) in [6, 6.07) is 11.1. The lowest BCUT2D eigenvalue weighted by Crippen LogP contribution is -2.35. The summed E-state index contributed by atoms with van der Waals surface area (Å²) >= 11 is 0. The highest BCUT2D eigenvalue weighted by atomic mass is 19.1. The van der Waals surface area contributed by atoms with Crippen molar-refractivity contribution in [3.8, 4) is 5.75 Å². The average molecular weight is 425 g/mol. The number of hydrogen-bond donors (Lipinski definition) is 1. The minimum absolute atomic E-state index is 0.00773. The monoisotopic (exact) mass is 425 g/mol. The van der Waals surface area contributed by atoms with Crippen molar-refractivity contribution in [2.24, 2.45) is 5.92 Å². The fourth-order valence-corrected chi connectivity index (χ4v) is 4.07. The number of carbonyl (C=O) groups excluding carboxylic acids is 3. The van der Waals surface area contributed by atoms with Gasteiger partial charge in [-0.05, 0) is 43.2 Å². The minimum atomic E-state index is -0.603. The molecule has 4 rings (SSSR count). The fraction of sp³-hybridized carbons (Fsp3) is 0.348. The van der Waals surface area contributed by atoms with Gasteiger partial charge in [-0.25, -0.2) is 4.39 Å². The molecule has 2 aromatic rings. The number of ether oxygens (including phenoxy) is 1. The summed E-state index contributed by atoms with van der Waals surface area (Å²) in [6.07, 6.45) is 2.26. The van der Waals surface area contributed by atoms with E-state index in [0.29, 0.717) is 30.1 Å². The first-order valence-electron chi connectivity index (χ1n) is 10.3. The molecule has 1 unspecified atom stereocenters. The molecular weight excluding hydrogens is 401 g/mol. The van der Waals surface area contributed by atoms with Crippen LogP contribution in [0, 0.1) is 11.7 Å². The van der Waals surface area contributed by atoms with Crippen LogP contribution < -0.4 is 19.9 Å². The molecule has 0 aromatic heterocycles. The molecule has 0 spiro atoms. The first-order chi connectivity index (χ1) is 15.0. The molecule has 31 heavy (non-hydrogen) atoms. The second kappa shape index (κ2) is 8.75. The van der Waals surface area contributed by atoms with Crippen LogP contribution >= 0.6 is 0 Å². The quantitative estimate of drug-likeness (QED) is 0.797. The number of nitrogens with zero attached hydrogens (tertiary/aromatic N) is 2. The van der Waals surface area contributed by atoms with Crippen LogP contribution in [0.2, 0.25) is 0 Å². The molecule has 2 heterocycles. The number of halogens is 1. The molecule has 162 valence electrons. The first-order valence-corrected chi connectivity index (χ1v) is 10.3. The number of piperidine rings is 1. The van der Waals surface area contributed by atoms with Gasteiger partial charge in [-0.3, -0.25) is 14.4 Å². The van der Waals surface area contributed by atoms with Gasteiger partial charge >= 0.3 is 0 Å². The normalized spacial score (nSPS) is 19.0.